The summed E-state index contributed by atoms with van der Waals surface area (Å²) in [6.07, 6.45) is 1.44. The molecule has 0 radical (unpaired) electrons. The van der Waals surface area contributed by atoms with E-state index in [9.17, 15) is 4.79 Å². The van der Waals surface area contributed by atoms with Gasteiger partial charge >= 0.3 is 5.97 Å². The maximum Gasteiger partial charge on any atom is 0.303 e. The van der Waals surface area contributed by atoms with Gasteiger partial charge < -0.3 is 19.3 Å². The molecule has 0 spiro atoms. The Labute approximate surface area is 98.9 Å². The third-order valence-corrected chi connectivity index (χ3v) is 2.57. The molecule has 1 heterocycles. The second-order valence-corrected chi connectivity index (χ2v) is 3.78. The maximum atomic E-state index is 10.4. The van der Waals surface area contributed by atoms with E-state index in [1.807, 2.05) is 12.1 Å². The summed E-state index contributed by atoms with van der Waals surface area (Å²) in [5.74, 6) is 1.13. The monoisotopic (exact) mass is 238 g/mol. The molecule has 92 valence electrons. The zero-order valence-electron chi connectivity index (χ0n) is 9.56. The van der Waals surface area contributed by atoms with Crippen LogP contribution in [0.2, 0.25) is 0 Å². The van der Waals surface area contributed by atoms with E-state index >= 15 is 0 Å². The summed E-state index contributed by atoms with van der Waals surface area (Å²) in [5.41, 5.74) is 0.993. The van der Waals surface area contributed by atoms with Crippen LogP contribution in [-0.2, 0) is 11.2 Å². The van der Waals surface area contributed by atoms with Crippen molar-refractivity contribution in [1.29, 1.82) is 0 Å². The van der Waals surface area contributed by atoms with Gasteiger partial charge in [0.2, 0.25) is 12.5 Å². The zero-order valence-corrected chi connectivity index (χ0v) is 9.56. The first-order valence-electron chi connectivity index (χ1n) is 5.39. The first-order valence-corrected chi connectivity index (χ1v) is 5.39. The van der Waals surface area contributed by atoms with E-state index in [0.717, 1.165) is 5.56 Å². The van der Waals surface area contributed by atoms with Crippen LogP contribution in [0.3, 0.4) is 0 Å². The molecule has 5 nitrogen and oxygen atoms in total. The second-order valence-electron chi connectivity index (χ2n) is 3.78. The number of ether oxygens (including phenoxy) is 3. The molecular weight excluding hydrogens is 224 g/mol. The Morgan fingerprint density at radius 3 is 3.00 bits per heavy atom. The van der Waals surface area contributed by atoms with Crippen molar-refractivity contribution in [1.82, 2.24) is 0 Å². The Bertz CT molecular complexity index is 427. The average molecular weight is 238 g/mol. The molecule has 0 saturated heterocycles. The second kappa shape index (κ2) is 4.95. The Morgan fingerprint density at radius 2 is 2.29 bits per heavy atom. The van der Waals surface area contributed by atoms with Crippen molar-refractivity contribution in [3.8, 4) is 17.2 Å². The van der Waals surface area contributed by atoms with Gasteiger partial charge in [0, 0.05) is 6.42 Å². The predicted octanol–water partition coefficient (Wildman–Crippen LogP) is 1.83. The van der Waals surface area contributed by atoms with Crippen LogP contribution in [0, 0.1) is 0 Å². The highest BCUT2D eigenvalue weighted by Crippen LogP contribution is 2.41. The molecule has 0 bridgehead atoms. The highest BCUT2D eigenvalue weighted by atomic mass is 16.7. The SMILES string of the molecule is COc1cc(CCCC(=O)O)cc2c1OCO2. The molecule has 0 unspecified atom stereocenters. The topological polar surface area (TPSA) is 65.0 Å². The molecule has 0 atom stereocenters. The smallest absolute Gasteiger partial charge is 0.303 e. The van der Waals surface area contributed by atoms with Gasteiger partial charge in [0.05, 0.1) is 7.11 Å². The summed E-state index contributed by atoms with van der Waals surface area (Å²) >= 11 is 0. The minimum atomic E-state index is -0.780. The molecule has 17 heavy (non-hydrogen) atoms. The van der Waals surface area contributed by atoms with Crippen LogP contribution in [0.1, 0.15) is 18.4 Å². The Balaban J connectivity index is 2.10. The molecule has 2 rings (SSSR count). The first kappa shape index (κ1) is 11.6. The van der Waals surface area contributed by atoms with Crippen LogP contribution >= 0.6 is 0 Å². The highest BCUT2D eigenvalue weighted by Gasteiger charge is 2.19. The Morgan fingerprint density at radius 1 is 1.47 bits per heavy atom. The number of aliphatic carboxylic acids is 1. The molecule has 0 saturated carbocycles. The van der Waals surface area contributed by atoms with Crippen molar-refractivity contribution in [2.75, 3.05) is 13.9 Å². The molecule has 0 aliphatic carbocycles. The van der Waals surface area contributed by atoms with Gasteiger partial charge in [-0.3, -0.25) is 4.79 Å². The van der Waals surface area contributed by atoms with Gasteiger partial charge in [0.25, 0.3) is 0 Å². The van der Waals surface area contributed by atoms with Crippen molar-refractivity contribution in [2.24, 2.45) is 0 Å². The normalized spacial score (nSPS) is 12.5. The van der Waals surface area contributed by atoms with E-state index in [0.29, 0.717) is 30.1 Å². The summed E-state index contributed by atoms with van der Waals surface area (Å²) < 4.78 is 15.8. The molecular formula is C12H14O5. The van der Waals surface area contributed by atoms with Gasteiger partial charge in [-0.25, -0.2) is 0 Å². The maximum absolute atomic E-state index is 10.4. The number of methoxy groups -OCH3 is 1. The van der Waals surface area contributed by atoms with Crippen LogP contribution in [0.15, 0.2) is 12.1 Å². The van der Waals surface area contributed by atoms with E-state index in [2.05, 4.69) is 0 Å². The van der Waals surface area contributed by atoms with Gasteiger partial charge in [-0.1, -0.05) is 0 Å². The number of carbonyl (C=O) groups is 1. The average Bonchev–Trinajstić information content (AvgIpc) is 2.75. The molecule has 0 amide bonds. The van der Waals surface area contributed by atoms with Crippen LogP contribution in [0.25, 0.3) is 0 Å². The third-order valence-electron chi connectivity index (χ3n) is 2.57. The lowest BCUT2D eigenvalue weighted by atomic mass is 10.1. The summed E-state index contributed by atoms with van der Waals surface area (Å²) in [7, 11) is 1.57. The van der Waals surface area contributed by atoms with Crippen molar-refractivity contribution < 1.29 is 24.1 Å². The van der Waals surface area contributed by atoms with Crippen LogP contribution in [-0.4, -0.2) is 25.0 Å². The summed E-state index contributed by atoms with van der Waals surface area (Å²) in [6, 6.07) is 3.72. The van der Waals surface area contributed by atoms with Gasteiger partial charge in [-0.05, 0) is 30.5 Å². The lowest BCUT2D eigenvalue weighted by Crippen LogP contribution is -1.96. The number of carboxylic acids is 1. The lowest BCUT2D eigenvalue weighted by Gasteiger charge is -2.07. The van der Waals surface area contributed by atoms with Crippen molar-refractivity contribution in [2.45, 2.75) is 19.3 Å². The molecule has 1 aromatic carbocycles. The van der Waals surface area contributed by atoms with E-state index in [1.54, 1.807) is 7.11 Å². The molecule has 1 aromatic rings. The minimum Gasteiger partial charge on any atom is -0.493 e. The number of hydrogen-bond acceptors (Lipinski definition) is 4. The number of aryl methyl sites for hydroxylation is 1. The third kappa shape index (κ3) is 2.61. The van der Waals surface area contributed by atoms with Gasteiger partial charge in [-0.15, -0.1) is 0 Å². The van der Waals surface area contributed by atoms with Crippen LogP contribution in [0.5, 0.6) is 17.2 Å². The molecule has 1 N–H and O–H groups in total. The van der Waals surface area contributed by atoms with Gasteiger partial charge in [-0.2, -0.15) is 0 Å². The lowest BCUT2D eigenvalue weighted by molar-refractivity contribution is -0.137. The van der Waals surface area contributed by atoms with E-state index in [4.69, 9.17) is 19.3 Å². The highest BCUT2D eigenvalue weighted by molar-refractivity contribution is 5.66. The van der Waals surface area contributed by atoms with E-state index in [-0.39, 0.29) is 13.2 Å². The summed E-state index contributed by atoms with van der Waals surface area (Å²) in [5, 5.41) is 8.58. The Hall–Kier alpha value is -1.91. The van der Waals surface area contributed by atoms with Crippen molar-refractivity contribution in [3.63, 3.8) is 0 Å². The Kier molecular flexibility index (Phi) is 3.37. The number of hydrogen-bond donors (Lipinski definition) is 1. The molecule has 0 fully saturated rings. The molecule has 1 aliphatic rings. The standard InChI is InChI=1S/C12H14O5/c1-15-9-5-8(3-2-4-11(13)14)6-10-12(9)17-7-16-10/h5-6H,2-4,7H2,1H3,(H,13,14). The zero-order chi connectivity index (χ0) is 12.3. The number of benzene rings is 1. The first-order chi connectivity index (χ1) is 8.20. The predicted molar refractivity (Wildman–Crippen MR) is 59.7 cm³/mol. The number of fused-ring (bicyclic) bond motifs is 1. The van der Waals surface area contributed by atoms with Crippen molar-refractivity contribution in [3.05, 3.63) is 17.7 Å². The number of carboxylic acid groups (broad SMARTS) is 1. The summed E-state index contributed by atoms with van der Waals surface area (Å²) in [6.45, 7) is 0.199. The fraction of sp³-hybridized carbons (Fsp3) is 0.417. The fourth-order valence-electron chi connectivity index (χ4n) is 1.77. The number of rotatable bonds is 5. The molecule has 5 heteroatoms. The molecule has 0 aromatic heterocycles. The van der Waals surface area contributed by atoms with Crippen molar-refractivity contribution >= 4 is 5.97 Å². The van der Waals surface area contributed by atoms with Gasteiger partial charge in [0.1, 0.15) is 0 Å². The fourth-order valence-corrected chi connectivity index (χ4v) is 1.77. The van der Waals surface area contributed by atoms with E-state index in [1.165, 1.54) is 0 Å². The minimum absolute atomic E-state index is 0.163. The van der Waals surface area contributed by atoms with Crippen LogP contribution in [0.4, 0.5) is 0 Å². The largest absolute Gasteiger partial charge is 0.493 e. The molecule has 1 aliphatic heterocycles. The van der Waals surface area contributed by atoms with Gasteiger partial charge in [0.15, 0.2) is 11.5 Å². The quantitative estimate of drug-likeness (QED) is 0.847. The summed E-state index contributed by atoms with van der Waals surface area (Å²) in [4.78, 5) is 10.4. The van der Waals surface area contributed by atoms with E-state index < -0.39 is 5.97 Å². The van der Waals surface area contributed by atoms with Crippen LogP contribution < -0.4 is 14.2 Å².